The van der Waals surface area contributed by atoms with Crippen molar-refractivity contribution in [2.75, 3.05) is 0 Å². The Morgan fingerprint density at radius 2 is 2.06 bits per heavy atom. The van der Waals surface area contributed by atoms with Crippen LogP contribution in [0.15, 0.2) is 0 Å². The Bertz CT molecular complexity index is 354. The van der Waals surface area contributed by atoms with Gasteiger partial charge in [-0.1, -0.05) is 13.8 Å². The fourth-order valence-electron chi connectivity index (χ4n) is 4.17. The molecule has 0 radical (unpaired) electrons. The van der Waals surface area contributed by atoms with Gasteiger partial charge in [0.2, 0.25) is 0 Å². The molecule has 1 spiro atoms. The fraction of sp³-hybridized carbons (Fsp3) is 0.933. The maximum absolute atomic E-state index is 11.3. The Morgan fingerprint density at radius 3 is 2.78 bits per heavy atom. The molecule has 3 fully saturated rings. The van der Waals surface area contributed by atoms with Crippen molar-refractivity contribution in [3.8, 4) is 0 Å². The average Bonchev–Trinajstić information content (AvgIpc) is 2.60. The van der Waals surface area contributed by atoms with Crippen LogP contribution < -0.4 is 0 Å². The number of ether oxygens (including phenoxy) is 2. The second-order valence-corrected chi connectivity index (χ2v) is 6.70. The van der Waals surface area contributed by atoms with Gasteiger partial charge in [-0.2, -0.15) is 0 Å². The lowest BCUT2D eigenvalue weighted by molar-refractivity contribution is -0.172. The van der Waals surface area contributed by atoms with Crippen LogP contribution in [0.25, 0.3) is 0 Å². The molecule has 1 aliphatic carbocycles. The predicted octanol–water partition coefficient (Wildman–Crippen LogP) is 2.72. The van der Waals surface area contributed by atoms with Crippen molar-refractivity contribution in [2.24, 2.45) is 11.8 Å². The number of hydrogen-bond acceptors (Lipinski definition) is 3. The number of rotatable bonds is 2. The summed E-state index contributed by atoms with van der Waals surface area (Å²) in [5.74, 6) is 1.53. The molecular weight excluding hydrogens is 228 g/mol. The summed E-state index contributed by atoms with van der Waals surface area (Å²) in [6, 6.07) is 0. The van der Waals surface area contributed by atoms with Gasteiger partial charge in [-0.05, 0) is 38.0 Å². The number of fused-ring (bicyclic) bond motifs is 1. The second kappa shape index (κ2) is 4.31. The second-order valence-electron chi connectivity index (χ2n) is 6.70. The molecule has 3 rings (SSSR count). The van der Waals surface area contributed by atoms with E-state index in [1.54, 1.807) is 6.92 Å². The molecule has 3 nitrogen and oxygen atoms in total. The fourth-order valence-corrected chi connectivity index (χ4v) is 4.17. The Kier molecular flexibility index (Phi) is 3.02. The Morgan fingerprint density at radius 1 is 1.28 bits per heavy atom. The van der Waals surface area contributed by atoms with Crippen LogP contribution in [0.4, 0.5) is 0 Å². The molecule has 0 N–H and O–H groups in total. The van der Waals surface area contributed by atoms with Crippen molar-refractivity contribution in [3.63, 3.8) is 0 Å². The van der Waals surface area contributed by atoms with Crippen molar-refractivity contribution >= 4 is 5.78 Å². The van der Waals surface area contributed by atoms with Crippen molar-refractivity contribution in [1.82, 2.24) is 0 Å². The molecular formula is C15H24O3. The van der Waals surface area contributed by atoms with E-state index in [1.807, 2.05) is 0 Å². The van der Waals surface area contributed by atoms with Gasteiger partial charge in [0, 0.05) is 12.8 Å². The summed E-state index contributed by atoms with van der Waals surface area (Å²) in [6.07, 6.45) is 5.52. The normalized spacial score (nSPS) is 50.9. The molecule has 0 amide bonds. The molecule has 2 heterocycles. The predicted molar refractivity (Wildman–Crippen MR) is 68.4 cm³/mol. The summed E-state index contributed by atoms with van der Waals surface area (Å²) in [5.41, 5.74) is -0.0744. The maximum atomic E-state index is 11.3. The third kappa shape index (κ3) is 1.92. The van der Waals surface area contributed by atoms with E-state index >= 15 is 0 Å². The minimum absolute atomic E-state index is 0.0744. The van der Waals surface area contributed by atoms with E-state index < -0.39 is 0 Å². The number of Topliss-reactive ketones (excluding diaryl/α,β-unsaturated/α-hetero) is 1. The van der Waals surface area contributed by atoms with Crippen LogP contribution in [-0.4, -0.2) is 29.7 Å². The quantitative estimate of drug-likeness (QED) is 0.758. The monoisotopic (exact) mass is 252 g/mol. The van der Waals surface area contributed by atoms with Crippen molar-refractivity contribution in [1.29, 1.82) is 0 Å². The molecule has 2 saturated heterocycles. The lowest BCUT2D eigenvalue weighted by Crippen LogP contribution is -2.51. The van der Waals surface area contributed by atoms with Gasteiger partial charge in [0.1, 0.15) is 5.78 Å². The first-order valence-corrected chi connectivity index (χ1v) is 7.33. The van der Waals surface area contributed by atoms with Gasteiger partial charge >= 0.3 is 0 Å². The van der Waals surface area contributed by atoms with E-state index in [0.717, 1.165) is 25.7 Å². The molecule has 1 saturated carbocycles. The molecule has 3 aliphatic rings. The lowest BCUT2D eigenvalue weighted by atomic mass is 9.70. The van der Waals surface area contributed by atoms with Crippen molar-refractivity contribution < 1.29 is 14.3 Å². The molecule has 0 aromatic rings. The molecule has 0 aromatic heterocycles. The highest BCUT2D eigenvalue weighted by molar-refractivity contribution is 5.76. The largest absolute Gasteiger partial charge is 0.372 e. The summed E-state index contributed by atoms with van der Waals surface area (Å²) in [7, 11) is 0. The van der Waals surface area contributed by atoms with Gasteiger partial charge in [-0.15, -0.1) is 0 Å². The summed E-state index contributed by atoms with van der Waals surface area (Å²) in [6.45, 7) is 6.27. The summed E-state index contributed by atoms with van der Waals surface area (Å²) in [4.78, 5) is 11.3. The molecule has 18 heavy (non-hydrogen) atoms. The number of carbonyl (C=O) groups is 1. The molecule has 0 aromatic carbocycles. The molecule has 3 heteroatoms. The molecule has 2 bridgehead atoms. The minimum Gasteiger partial charge on any atom is -0.372 e. The zero-order valence-electron chi connectivity index (χ0n) is 11.6. The van der Waals surface area contributed by atoms with Gasteiger partial charge in [0.05, 0.1) is 23.9 Å². The van der Waals surface area contributed by atoms with E-state index in [1.165, 1.54) is 0 Å². The third-order valence-corrected chi connectivity index (χ3v) is 5.29. The van der Waals surface area contributed by atoms with Crippen LogP contribution in [0.1, 0.15) is 52.9 Å². The topological polar surface area (TPSA) is 35.5 Å². The van der Waals surface area contributed by atoms with E-state index in [9.17, 15) is 4.79 Å². The molecule has 2 aliphatic heterocycles. The van der Waals surface area contributed by atoms with Crippen LogP contribution in [0.5, 0.6) is 0 Å². The van der Waals surface area contributed by atoms with Gasteiger partial charge in [0.25, 0.3) is 0 Å². The van der Waals surface area contributed by atoms with Gasteiger partial charge in [-0.3, -0.25) is 4.79 Å². The molecule has 1 unspecified atom stereocenters. The Balaban J connectivity index is 1.77. The third-order valence-electron chi connectivity index (χ3n) is 5.29. The summed E-state index contributed by atoms with van der Waals surface area (Å²) in [5, 5.41) is 0. The molecule has 102 valence electrons. The first-order chi connectivity index (χ1) is 8.50. The number of hydrogen-bond donors (Lipinski definition) is 0. The van der Waals surface area contributed by atoms with Crippen LogP contribution in [0.3, 0.4) is 0 Å². The van der Waals surface area contributed by atoms with Gasteiger partial charge < -0.3 is 9.47 Å². The van der Waals surface area contributed by atoms with Crippen LogP contribution in [0, 0.1) is 11.8 Å². The van der Waals surface area contributed by atoms with E-state index in [-0.39, 0.29) is 23.6 Å². The number of carbonyl (C=O) groups excluding carboxylic acids is 1. The van der Waals surface area contributed by atoms with E-state index in [2.05, 4.69) is 13.8 Å². The zero-order chi connectivity index (χ0) is 12.9. The summed E-state index contributed by atoms with van der Waals surface area (Å²) < 4.78 is 12.6. The first kappa shape index (κ1) is 12.6. The Hall–Kier alpha value is -0.410. The van der Waals surface area contributed by atoms with Gasteiger partial charge in [-0.25, -0.2) is 0 Å². The average molecular weight is 252 g/mol. The van der Waals surface area contributed by atoms with Gasteiger partial charge in [0.15, 0.2) is 0 Å². The van der Waals surface area contributed by atoms with E-state index in [4.69, 9.17) is 9.47 Å². The maximum Gasteiger partial charge on any atom is 0.132 e. The van der Waals surface area contributed by atoms with Crippen molar-refractivity contribution in [2.45, 2.75) is 76.8 Å². The van der Waals surface area contributed by atoms with E-state index in [0.29, 0.717) is 24.4 Å². The minimum atomic E-state index is -0.0744. The Labute approximate surface area is 109 Å². The van der Waals surface area contributed by atoms with Crippen LogP contribution in [-0.2, 0) is 14.3 Å². The smallest absolute Gasteiger partial charge is 0.132 e. The highest BCUT2D eigenvalue weighted by atomic mass is 16.6. The SMILES string of the molecule is CC(=O)CC1CC[C@@H]2O[C@@H]3C[C@]2(C[C@@H](C)[C@H]3C)O1. The van der Waals surface area contributed by atoms with Crippen molar-refractivity contribution in [3.05, 3.63) is 0 Å². The standard InChI is InChI=1S/C15H24O3/c1-9-7-15-8-13(11(9)3)17-14(15)5-4-12(18-15)6-10(2)16/h9,11-14H,4-8H2,1-3H3/t9-,11-,12?,13-,14+,15+/m1/s1. The van der Waals surface area contributed by atoms with Crippen LogP contribution >= 0.6 is 0 Å². The number of ketones is 1. The first-order valence-electron chi connectivity index (χ1n) is 7.33. The highest BCUT2D eigenvalue weighted by Gasteiger charge is 2.58. The summed E-state index contributed by atoms with van der Waals surface area (Å²) >= 11 is 0. The molecule has 6 atom stereocenters. The zero-order valence-corrected chi connectivity index (χ0v) is 11.6. The van der Waals surface area contributed by atoms with Crippen LogP contribution in [0.2, 0.25) is 0 Å². The lowest BCUT2D eigenvalue weighted by Gasteiger charge is -2.45. The highest BCUT2D eigenvalue weighted by Crippen LogP contribution is 2.52.